The molecule has 6 nitrogen and oxygen atoms in total. The predicted octanol–water partition coefficient (Wildman–Crippen LogP) is 2.37. The van der Waals surface area contributed by atoms with E-state index in [2.05, 4.69) is 5.32 Å². The monoisotopic (exact) mass is 366 g/mol. The topological polar surface area (TPSA) is 86.7 Å². The zero-order valence-corrected chi connectivity index (χ0v) is 15.1. The minimum atomic E-state index is -1.77. The number of carboxylic acids is 1. The van der Waals surface area contributed by atoms with Crippen LogP contribution in [0.25, 0.3) is 0 Å². The Kier molecular flexibility index (Phi) is 5.26. The number of carboxylic acid groups (broad SMARTS) is 1. The summed E-state index contributed by atoms with van der Waals surface area (Å²) in [7, 11) is 0. The molecular formula is C21H22N2O4. The molecule has 0 bridgehead atoms. The molecule has 2 N–H and O–H groups in total. The van der Waals surface area contributed by atoms with Crippen LogP contribution in [-0.4, -0.2) is 34.3 Å². The first-order valence-corrected chi connectivity index (χ1v) is 8.84. The van der Waals surface area contributed by atoms with Crippen molar-refractivity contribution in [1.82, 2.24) is 10.2 Å². The van der Waals surface area contributed by atoms with Crippen molar-refractivity contribution >= 4 is 17.8 Å². The van der Waals surface area contributed by atoms with E-state index in [1.807, 2.05) is 67.6 Å². The van der Waals surface area contributed by atoms with Crippen LogP contribution < -0.4 is 5.32 Å². The lowest BCUT2D eigenvalue weighted by molar-refractivity contribution is -0.155. The van der Waals surface area contributed by atoms with Crippen LogP contribution in [0.5, 0.6) is 0 Å². The van der Waals surface area contributed by atoms with E-state index in [-0.39, 0.29) is 31.5 Å². The van der Waals surface area contributed by atoms with E-state index in [9.17, 15) is 19.5 Å². The Bertz CT molecular complexity index is 838. The highest BCUT2D eigenvalue weighted by Gasteiger charge is 2.55. The molecule has 2 amide bonds. The number of amides is 2. The summed E-state index contributed by atoms with van der Waals surface area (Å²) in [6.45, 7) is 1.92. The molecule has 0 radical (unpaired) electrons. The lowest BCUT2D eigenvalue weighted by atomic mass is 9.85. The first kappa shape index (κ1) is 18.6. The van der Waals surface area contributed by atoms with Gasteiger partial charge in [0, 0.05) is 13.1 Å². The maximum atomic E-state index is 12.8. The van der Waals surface area contributed by atoms with E-state index < -0.39 is 17.3 Å². The van der Waals surface area contributed by atoms with Gasteiger partial charge in [-0.1, -0.05) is 60.7 Å². The summed E-state index contributed by atoms with van der Waals surface area (Å²) in [5.41, 5.74) is -0.00325. The first-order valence-electron chi connectivity index (χ1n) is 8.84. The molecule has 1 aliphatic rings. The van der Waals surface area contributed by atoms with Crippen molar-refractivity contribution < 1.29 is 19.5 Å². The highest BCUT2D eigenvalue weighted by atomic mass is 16.4. The van der Waals surface area contributed by atoms with Crippen molar-refractivity contribution in [3.8, 4) is 0 Å². The fourth-order valence-electron chi connectivity index (χ4n) is 3.40. The molecule has 2 atom stereocenters. The van der Waals surface area contributed by atoms with E-state index in [1.54, 1.807) is 0 Å². The second kappa shape index (κ2) is 7.61. The lowest BCUT2D eigenvalue weighted by Crippen LogP contribution is -2.48. The maximum Gasteiger partial charge on any atom is 0.321 e. The summed E-state index contributed by atoms with van der Waals surface area (Å²) in [4.78, 5) is 38.8. The van der Waals surface area contributed by atoms with Gasteiger partial charge in [-0.2, -0.15) is 0 Å². The van der Waals surface area contributed by atoms with Gasteiger partial charge >= 0.3 is 5.97 Å². The summed E-state index contributed by atoms with van der Waals surface area (Å²) in [5, 5.41) is 12.5. The summed E-state index contributed by atoms with van der Waals surface area (Å²) >= 11 is 0. The average molecular weight is 366 g/mol. The number of nitrogens with one attached hydrogen (secondary N) is 1. The van der Waals surface area contributed by atoms with Crippen LogP contribution in [-0.2, 0) is 20.9 Å². The molecule has 2 aromatic carbocycles. The summed E-state index contributed by atoms with van der Waals surface area (Å²) in [5.74, 6) is -2.23. The van der Waals surface area contributed by atoms with Crippen LogP contribution in [0, 0.1) is 5.41 Å². The Balaban J connectivity index is 1.77. The molecule has 0 unspecified atom stereocenters. The van der Waals surface area contributed by atoms with Crippen LogP contribution in [0.2, 0.25) is 0 Å². The van der Waals surface area contributed by atoms with E-state index in [4.69, 9.17) is 0 Å². The first-order chi connectivity index (χ1) is 12.9. The third-order valence-corrected chi connectivity index (χ3v) is 5.10. The molecule has 0 spiro atoms. The Morgan fingerprint density at radius 1 is 1.11 bits per heavy atom. The van der Waals surface area contributed by atoms with Crippen molar-refractivity contribution in [2.45, 2.75) is 25.9 Å². The third-order valence-electron chi connectivity index (χ3n) is 5.10. The molecule has 1 saturated heterocycles. The van der Waals surface area contributed by atoms with Crippen LogP contribution in [0.1, 0.15) is 30.5 Å². The molecule has 0 saturated carbocycles. The maximum absolute atomic E-state index is 12.8. The Morgan fingerprint density at radius 3 is 2.30 bits per heavy atom. The number of rotatable bonds is 6. The number of aliphatic carboxylic acids is 1. The van der Waals surface area contributed by atoms with Gasteiger partial charge in [0.25, 0.3) is 0 Å². The van der Waals surface area contributed by atoms with Crippen molar-refractivity contribution in [3.05, 3.63) is 71.8 Å². The smallest absolute Gasteiger partial charge is 0.321 e. The number of hydrogen-bond acceptors (Lipinski definition) is 3. The zero-order chi connectivity index (χ0) is 19.4. The van der Waals surface area contributed by atoms with Crippen LogP contribution in [0.15, 0.2) is 60.7 Å². The molecule has 1 heterocycles. The molecule has 140 valence electrons. The zero-order valence-electron chi connectivity index (χ0n) is 15.1. The van der Waals surface area contributed by atoms with Crippen molar-refractivity contribution in [2.24, 2.45) is 5.41 Å². The van der Waals surface area contributed by atoms with E-state index in [0.29, 0.717) is 0 Å². The number of carbonyl (C=O) groups is 3. The Labute approximate surface area is 157 Å². The van der Waals surface area contributed by atoms with Crippen LogP contribution >= 0.6 is 0 Å². The van der Waals surface area contributed by atoms with Gasteiger partial charge in [-0.15, -0.1) is 0 Å². The molecule has 1 fully saturated rings. The molecular weight excluding hydrogens is 344 g/mol. The van der Waals surface area contributed by atoms with Gasteiger partial charge in [-0.05, 0) is 18.1 Å². The van der Waals surface area contributed by atoms with E-state index in [1.165, 1.54) is 4.90 Å². The number of nitrogens with zero attached hydrogens (tertiary/aromatic N) is 1. The standard InChI is InChI=1S/C21H22N2O4/c1-15(17-10-6-3-7-11-17)23-14-21(20(26)27,12-18(23)24)19(25)22-13-16-8-4-2-5-9-16/h2-11,15H,12-14H2,1H3,(H,22,25)(H,26,27)/t15-,21+/m0/s1. The summed E-state index contributed by atoms with van der Waals surface area (Å²) < 4.78 is 0. The molecule has 27 heavy (non-hydrogen) atoms. The van der Waals surface area contributed by atoms with E-state index >= 15 is 0 Å². The molecule has 3 rings (SSSR count). The minimum absolute atomic E-state index is 0.141. The van der Waals surface area contributed by atoms with Gasteiger partial charge in [0.15, 0.2) is 5.41 Å². The van der Waals surface area contributed by atoms with Crippen molar-refractivity contribution in [1.29, 1.82) is 0 Å². The highest BCUT2D eigenvalue weighted by molar-refractivity contribution is 6.07. The second-order valence-corrected chi connectivity index (χ2v) is 6.84. The Hall–Kier alpha value is -3.15. The van der Waals surface area contributed by atoms with Gasteiger partial charge in [0.05, 0.1) is 12.5 Å². The Morgan fingerprint density at radius 2 is 1.70 bits per heavy atom. The third kappa shape index (κ3) is 3.69. The van der Waals surface area contributed by atoms with Crippen LogP contribution in [0.4, 0.5) is 0 Å². The molecule has 1 aliphatic heterocycles. The fraction of sp³-hybridized carbons (Fsp3) is 0.286. The molecule has 0 aromatic heterocycles. The second-order valence-electron chi connectivity index (χ2n) is 6.84. The van der Waals surface area contributed by atoms with Crippen molar-refractivity contribution in [3.63, 3.8) is 0 Å². The van der Waals surface area contributed by atoms with Gasteiger partial charge in [0.2, 0.25) is 11.8 Å². The van der Waals surface area contributed by atoms with Gasteiger partial charge in [-0.25, -0.2) is 0 Å². The quantitative estimate of drug-likeness (QED) is 0.769. The SMILES string of the molecule is C[C@@H](c1ccccc1)N1C[C@@](C(=O)O)(C(=O)NCc2ccccc2)CC1=O. The number of likely N-dealkylation sites (tertiary alicyclic amines) is 1. The summed E-state index contributed by atoms with van der Waals surface area (Å²) in [6, 6.07) is 18.3. The van der Waals surface area contributed by atoms with Gasteiger partial charge in [0.1, 0.15) is 0 Å². The van der Waals surface area contributed by atoms with Gasteiger partial charge < -0.3 is 15.3 Å². The molecule has 6 heteroatoms. The number of benzene rings is 2. The minimum Gasteiger partial charge on any atom is -0.480 e. The normalized spacial score (nSPS) is 20.3. The fourth-order valence-corrected chi connectivity index (χ4v) is 3.40. The number of hydrogen-bond donors (Lipinski definition) is 2. The van der Waals surface area contributed by atoms with Gasteiger partial charge in [-0.3, -0.25) is 14.4 Å². The highest BCUT2D eigenvalue weighted by Crippen LogP contribution is 2.37. The number of carbonyl (C=O) groups excluding carboxylic acids is 2. The predicted molar refractivity (Wildman–Crippen MR) is 99.5 cm³/mol. The largest absolute Gasteiger partial charge is 0.480 e. The van der Waals surface area contributed by atoms with E-state index in [0.717, 1.165) is 11.1 Å². The van der Waals surface area contributed by atoms with Crippen molar-refractivity contribution in [2.75, 3.05) is 6.54 Å². The van der Waals surface area contributed by atoms with Crippen LogP contribution in [0.3, 0.4) is 0 Å². The lowest BCUT2D eigenvalue weighted by Gasteiger charge is -2.27. The summed E-state index contributed by atoms with van der Waals surface area (Å²) in [6.07, 6.45) is -0.333. The molecule has 2 aromatic rings. The average Bonchev–Trinajstić information content (AvgIpc) is 3.06. The molecule has 0 aliphatic carbocycles.